The van der Waals surface area contributed by atoms with Crippen molar-refractivity contribution >= 4 is 11.7 Å². The van der Waals surface area contributed by atoms with E-state index in [0.29, 0.717) is 24.5 Å². The minimum absolute atomic E-state index is 0.0538. The highest BCUT2D eigenvalue weighted by Crippen LogP contribution is 2.27. The van der Waals surface area contributed by atoms with Crippen LogP contribution in [0.2, 0.25) is 0 Å². The van der Waals surface area contributed by atoms with E-state index in [0.717, 1.165) is 50.8 Å². The number of likely N-dealkylation sites (N-methyl/N-ethyl adjacent to an activating group) is 1. The van der Waals surface area contributed by atoms with Crippen molar-refractivity contribution in [2.75, 3.05) is 64.4 Å². The van der Waals surface area contributed by atoms with Gasteiger partial charge < -0.3 is 23.9 Å². The summed E-state index contributed by atoms with van der Waals surface area (Å²) >= 11 is 0. The molecule has 138 valence electrons. The van der Waals surface area contributed by atoms with Crippen molar-refractivity contribution in [2.45, 2.75) is 0 Å². The molecule has 7 heteroatoms. The Morgan fingerprint density at radius 3 is 2.50 bits per heavy atom. The minimum Gasteiger partial charge on any atom is -0.463 e. The average molecular weight is 356 g/mol. The van der Waals surface area contributed by atoms with E-state index in [2.05, 4.69) is 16.8 Å². The van der Waals surface area contributed by atoms with Crippen molar-refractivity contribution in [3.8, 4) is 11.5 Å². The summed E-state index contributed by atoms with van der Waals surface area (Å²) in [6.07, 6.45) is 1.63. The number of amides is 1. The molecule has 0 bridgehead atoms. The first-order valence-electron chi connectivity index (χ1n) is 9.08. The predicted octanol–water partition coefficient (Wildman–Crippen LogP) is 1.57. The van der Waals surface area contributed by atoms with Crippen molar-refractivity contribution < 1.29 is 13.9 Å². The van der Waals surface area contributed by atoms with Crippen LogP contribution in [-0.4, -0.2) is 80.2 Å². The molecule has 2 aliphatic heterocycles. The summed E-state index contributed by atoms with van der Waals surface area (Å²) in [6, 6.07) is 7.48. The molecule has 0 aliphatic carbocycles. The smallest absolute Gasteiger partial charge is 0.257 e. The van der Waals surface area contributed by atoms with E-state index in [1.807, 2.05) is 29.2 Å². The summed E-state index contributed by atoms with van der Waals surface area (Å²) in [4.78, 5) is 24.2. The van der Waals surface area contributed by atoms with Crippen molar-refractivity contribution in [2.24, 2.45) is 0 Å². The molecular formula is C19H24N4O3. The van der Waals surface area contributed by atoms with Gasteiger partial charge in [0, 0.05) is 39.3 Å². The lowest BCUT2D eigenvalue weighted by atomic mass is 10.1. The van der Waals surface area contributed by atoms with Crippen LogP contribution in [0.1, 0.15) is 10.4 Å². The number of ether oxygens (including phenoxy) is 1. The first-order chi connectivity index (χ1) is 12.7. The Hall–Kier alpha value is -2.38. The number of morpholine rings is 1. The number of hydrogen-bond acceptors (Lipinski definition) is 6. The molecule has 2 aromatic heterocycles. The molecule has 2 aromatic rings. The maximum absolute atomic E-state index is 13.2. The van der Waals surface area contributed by atoms with Gasteiger partial charge in [-0.1, -0.05) is 0 Å². The van der Waals surface area contributed by atoms with E-state index < -0.39 is 0 Å². The summed E-state index contributed by atoms with van der Waals surface area (Å²) < 4.78 is 10.9. The zero-order valence-electron chi connectivity index (χ0n) is 15.1. The summed E-state index contributed by atoms with van der Waals surface area (Å²) in [5.74, 6) is 1.49. The fourth-order valence-corrected chi connectivity index (χ4v) is 3.37. The number of aromatic nitrogens is 1. The third kappa shape index (κ3) is 3.45. The van der Waals surface area contributed by atoms with Crippen LogP contribution in [0.5, 0.6) is 0 Å². The first kappa shape index (κ1) is 17.1. The molecule has 0 N–H and O–H groups in total. The second-order valence-corrected chi connectivity index (χ2v) is 6.74. The van der Waals surface area contributed by atoms with Gasteiger partial charge in [0.05, 0.1) is 25.0 Å². The molecule has 2 fully saturated rings. The van der Waals surface area contributed by atoms with Gasteiger partial charge in [0.15, 0.2) is 5.76 Å². The Morgan fingerprint density at radius 2 is 1.81 bits per heavy atom. The minimum atomic E-state index is 0.0538. The van der Waals surface area contributed by atoms with Crippen LogP contribution in [0, 0.1) is 0 Å². The Balaban J connectivity index is 1.67. The van der Waals surface area contributed by atoms with Gasteiger partial charge >= 0.3 is 0 Å². The lowest BCUT2D eigenvalue weighted by Gasteiger charge is -2.34. The van der Waals surface area contributed by atoms with Crippen LogP contribution in [0.4, 0.5) is 5.82 Å². The van der Waals surface area contributed by atoms with E-state index in [-0.39, 0.29) is 5.91 Å². The maximum atomic E-state index is 13.2. The molecule has 0 aromatic carbocycles. The van der Waals surface area contributed by atoms with E-state index >= 15 is 0 Å². The molecule has 7 nitrogen and oxygen atoms in total. The number of piperazine rings is 1. The van der Waals surface area contributed by atoms with Crippen LogP contribution in [0.25, 0.3) is 11.5 Å². The Bertz CT molecular complexity index is 748. The van der Waals surface area contributed by atoms with Gasteiger partial charge in [-0.05, 0) is 31.3 Å². The highest BCUT2D eigenvalue weighted by atomic mass is 16.5. The van der Waals surface area contributed by atoms with Crippen molar-refractivity contribution in [3.63, 3.8) is 0 Å². The second kappa shape index (κ2) is 7.47. The van der Waals surface area contributed by atoms with Gasteiger partial charge in [-0.2, -0.15) is 0 Å². The fourth-order valence-electron chi connectivity index (χ4n) is 3.37. The SMILES string of the molecule is CN1CCN(C(=O)c2ccc(-c3ccco3)nc2N2CCOCC2)CC1. The number of anilines is 1. The molecule has 4 heterocycles. The van der Waals surface area contributed by atoms with Crippen LogP contribution < -0.4 is 4.90 Å². The average Bonchev–Trinajstić information content (AvgIpc) is 3.23. The molecule has 0 spiro atoms. The molecule has 4 rings (SSSR count). The molecule has 0 atom stereocenters. The quantitative estimate of drug-likeness (QED) is 0.832. The van der Waals surface area contributed by atoms with Gasteiger partial charge in [-0.15, -0.1) is 0 Å². The number of carbonyl (C=O) groups is 1. The Morgan fingerprint density at radius 1 is 1.04 bits per heavy atom. The van der Waals surface area contributed by atoms with E-state index in [4.69, 9.17) is 14.1 Å². The normalized spacial score (nSPS) is 19.0. The van der Waals surface area contributed by atoms with Gasteiger partial charge in [-0.25, -0.2) is 4.98 Å². The van der Waals surface area contributed by atoms with E-state index in [1.54, 1.807) is 6.26 Å². The third-order valence-corrected chi connectivity index (χ3v) is 4.98. The van der Waals surface area contributed by atoms with Crippen LogP contribution in [0.3, 0.4) is 0 Å². The van der Waals surface area contributed by atoms with Gasteiger partial charge in [-0.3, -0.25) is 4.79 Å². The van der Waals surface area contributed by atoms with Crippen LogP contribution in [0.15, 0.2) is 34.9 Å². The number of pyridine rings is 1. The number of nitrogens with zero attached hydrogens (tertiary/aromatic N) is 4. The Kier molecular flexibility index (Phi) is 4.90. The van der Waals surface area contributed by atoms with Crippen molar-refractivity contribution in [3.05, 3.63) is 36.1 Å². The molecular weight excluding hydrogens is 332 g/mol. The van der Waals surface area contributed by atoms with Gasteiger partial charge in [0.25, 0.3) is 5.91 Å². The lowest BCUT2D eigenvalue weighted by molar-refractivity contribution is 0.0663. The first-order valence-corrected chi connectivity index (χ1v) is 9.08. The van der Waals surface area contributed by atoms with E-state index in [1.165, 1.54) is 0 Å². The Labute approximate surface area is 153 Å². The lowest BCUT2D eigenvalue weighted by Crippen LogP contribution is -2.47. The van der Waals surface area contributed by atoms with E-state index in [9.17, 15) is 4.79 Å². The number of hydrogen-bond donors (Lipinski definition) is 0. The predicted molar refractivity (Wildman–Crippen MR) is 98.4 cm³/mol. The molecule has 26 heavy (non-hydrogen) atoms. The number of rotatable bonds is 3. The zero-order valence-corrected chi connectivity index (χ0v) is 15.1. The monoisotopic (exact) mass is 356 g/mol. The van der Waals surface area contributed by atoms with Crippen LogP contribution in [-0.2, 0) is 4.74 Å². The van der Waals surface area contributed by atoms with Crippen molar-refractivity contribution in [1.82, 2.24) is 14.8 Å². The van der Waals surface area contributed by atoms with Gasteiger partial charge in [0.1, 0.15) is 11.5 Å². The molecule has 0 saturated carbocycles. The van der Waals surface area contributed by atoms with Crippen molar-refractivity contribution in [1.29, 1.82) is 0 Å². The third-order valence-electron chi connectivity index (χ3n) is 4.98. The molecule has 2 aliphatic rings. The maximum Gasteiger partial charge on any atom is 0.257 e. The van der Waals surface area contributed by atoms with Crippen LogP contribution >= 0.6 is 0 Å². The summed E-state index contributed by atoms with van der Waals surface area (Å²) in [5, 5.41) is 0. The number of furan rings is 1. The topological polar surface area (TPSA) is 62.0 Å². The summed E-state index contributed by atoms with van der Waals surface area (Å²) in [6.45, 7) is 6.06. The molecule has 1 amide bonds. The zero-order chi connectivity index (χ0) is 17.9. The van der Waals surface area contributed by atoms with Gasteiger partial charge in [0.2, 0.25) is 0 Å². The second-order valence-electron chi connectivity index (χ2n) is 6.74. The highest BCUT2D eigenvalue weighted by Gasteiger charge is 2.26. The standard InChI is InChI=1S/C19H24N4O3/c1-21-6-8-23(9-7-21)19(24)15-4-5-16(17-3-2-12-26-17)20-18(15)22-10-13-25-14-11-22/h2-5,12H,6-11,13-14H2,1H3. The fraction of sp³-hybridized carbons (Fsp3) is 0.474. The molecule has 0 unspecified atom stereocenters. The number of carbonyl (C=O) groups excluding carboxylic acids is 1. The summed E-state index contributed by atoms with van der Waals surface area (Å²) in [5.41, 5.74) is 1.40. The molecule has 2 saturated heterocycles. The summed E-state index contributed by atoms with van der Waals surface area (Å²) in [7, 11) is 2.08. The largest absolute Gasteiger partial charge is 0.463 e. The molecule has 0 radical (unpaired) electrons. The highest BCUT2D eigenvalue weighted by molar-refractivity contribution is 5.99.